The zero-order chi connectivity index (χ0) is 22.8. The van der Waals surface area contributed by atoms with Gasteiger partial charge in [-0.2, -0.15) is 10.2 Å². The normalized spacial score (nSPS) is 11.6. The molecule has 0 aliphatic rings. The Labute approximate surface area is 193 Å². The second kappa shape index (κ2) is 8.69. The molecule has 0 fully saturated rings. The largest absolute Gasteiger partial charge is 0.438 e. The molecule has 6 nitrogen and oxygen atoms in total. The first kappa shape index (κ1) is 20.6. The molecule has 0 saturated carbocycles. The molecule has 0 unspecified atom stereocenters. The van der Waals surface area contributed by atoms with E-state index in [-0.39, 0.29) is 22.6 Å². The fourth-order valence-corrected chi connectivity index (χ4v) is 4.39. The monoisotopic (exact) mass is 450 g/mol. The lowest BCUT2D eigenvalue weighted by molar-refractivity contribution is 0.461. The van der Waals surface area contributed by atoms with Gasteiger partial charge in [0.2, 0.25) is 5.88 Å². The third-order valence-corrected chi connectivity index (χ3v) is 6.28. The summed E-state index contributed by atoms with van der Waals surface area (Å²) in [4.78, 5) is 22.5. The molecule has 5 rings (SSSR count). The molecule has 0 bridgehead atoms. The molecule has 0 radical (unpaired) electrons. The molecule has 0 saturated heterocycles. The summed E-state index contributed by atoms with van der Waals surface area (Å²) in [6, 6.07) is 22.8. The average molecular weight is 451 g/mol. The Morgan fingerprint density at radius 2 is 1.88 bits per heavy atom. The van der Waals surface area contributed by atoms with Gasteiger partial charge in [0.25, 0.3) is 5.56 Å². The van der Waals surface area contributed by atoms with Gasteiger partial charge in [0.1, 0.15) is 28.0 Å². The highest BCUT2D eigenvalue weighted by molar-refractivity contribution is 7.19. The lowest BCUT2D eigenvalue weighted by atomic mass is 10.1. The number of allylic oxidation sites excluding steroid dienone is 1. The second-order valence-electron chi connectivity index (χ2n) is 7.32. The van der Waals surface area contributed by atoms with E-state index in [2.05, 4.69) is 23.0 Å². The van der Waals surface area contributed by atoms with E-state index in [0.717, 1.165) is 16.6 Å². The van der Waals surface area contributed by atoms with Crippen molar-refractivity contribution in [2.75, 3.05) is 0 Å². The van der Waals surface area contributed by atoms with Gasteiger partial charge >= 0.3 is 0 Å². The van der Waals surface area contributed by atoms with E-state index < -0.39 is 0 Å². The van der Waals surface area contributed by atoms with Crippen molar-refractivity contribution in [3.05, 3.63) is 99.4 Å². The van der Waals surface area contributed by atoms with Crippen LogP contribution in [0.5, 0.6) is 11.6 Å². The van der Waals surface area contributed by atoms with Gasteiger partial charge < -0.3 is 4.74 Å². The predicted molar refractivity (Wildman–Crippen MR) is 130 cm³/mol. The number of hydrogen-bond donors (Lipinski definition) is 0. The number of pyridine rings is 1. The molecule has 0 aliphatic carbocycles. The number of thiazole rings is 1. The van der Waals surface area contributed by atoms with Crippen molar-refractivity contribution in [3.63, 3.8) is 0 Å². The number of nitriles is 1. The van der Waals surface area contributed by atoms with Gasteiger partial charge in [-0.15, -0.1) is 11.3 Å². The zero-order valence-corrected chi connectivity index (χ0v) is 18.5. The number of ether oxygens (including phenoxy) is 1. The minimum Gasteiger partial charge on any atom is -0.438 e. The molecule has 7 heteroatoms. The molecular formula is C26H18N4O2S. The van der Waals surface area contributed by atoms with Crippen molar-refractivity contribution in [1.82, 2.24) is 14.4 Å². The molecule has 0 atom stereocenters. The molecule has 160 valence electrons. The van der Waals surface area contributed by atoms with Crippen LogP contribution in [-0.2, 0) is 6.42 Å². The van der Waals surface area contributed by atoms with E-state index in [0.29, 0.717) is 16.4 Å². The van der Waals surface area contributed by atoms with Crippen LogP contribution in [0, 0.1) is 11.3 Å². The van der Waals surface area contributed by atoms with Gasteiger partial charge in [-0.05, 0) is 54.5 Å². The van der Waals surface area contributed by atoms with Crippen LogP contribution in [0.15, 0.2) is 77.7 Å². The van der Waals surface area contributed by atoms with Gasteiger partial charge in [-0.25, -0.2) is 4.98 Å². The number of hydrogen-bond acceptors (Lipinski definition) is 6. The van der Waals surface area contributed by atoms with Gasteiger partial charge in [0, 0.05) is 6.20 Å². The van der Waals surface area contributed by atoms with Crippen LogP contribution < -0.4 is 10.3 Å². The van der Waals surface area contributed by atoms with E-state index >= 15 is 0 Å². The number of benzene rings is 2. The van der Waals surface area contributed by atoms with Crippen LogP contribution in [0.1, 0.15) is 23.1 Å². The molecule has 0 aliphatic heterocycles. The first-order chi connectivity index (χ1) is 16.2. The molecule has 0 N–H and O–H groups in total. The van der Waals surface area contributed by atoms with Crippen molar-refractivity contribution < 1.29 is 4.74 Å². The molecule has 33 heavy (non-hydrogen) atoms. The van der Waals surface area contributed by atoms with Crippen LogP contribution in [0.3, 0.4) is 0 Å². The predicted octanol–water partition coefficient (Wildman–Crippen LogP) is 5.72. The fourth-order valence-electron chi connectivity index (χ4n) is 3.46. The van der Waals surface area contributed by atoms with Crippen LogP contribution in [-0.4, -0.2) is 14.4 Å². The van der Waals surface area contributed by atoms with E-state index in [9.17, 15) is 10.1 Å². The van der Waals surface area contributed by atoms with Crippen molar-refractivity contribution >= 4 is 38.8 Å². The molecule has 0 amide bonds. The Bertz CT molecular complexity index is 1580. The summed E-state index contributed by atoms with van der Waals surface area (Å²) >= 11 is 1.40. The third-order valence-electron chi connectivity index (χ3n) is 5.21. The van der Waals surface area contributed by atoms with Crippen LogP contribution in [0.25, 0.3) is 27.5 Å². The highest BCUT2D eigenvalue weighted by Crippen LogP contribution is 2.30. The lowest BCUT2D eigenvalue weighted by Crippen LogP contribution is -2.18. The standard InChI is InChI=1S/C26H18N4O2S/c1-2-17-10-12-19(13-11-17)32-24-20(26(31)30-14-6-5-9-23(30)29-24)15-18(16-27)25-28-21-7-3-4-8-22(21)33-25/h3-15H,2H2,1H3. The van der Waals surface area contributed by atoms with Gasteiger partial charge in [0.15, 0.2) is 0 Å². The summed E-state index contributed by atoms with van der Waals surface area (Å²) in [6.45, 7) is 2.08. The summed E-state index contributed by atoms with van der Waals surface area (Å²) in [5, 5.41) is 10.4. The van der Waals surface area contributed by atoms with Crippen molar-refractivity contribution in [2.45, 2.75) is 13.3 Å². The Morgan fingerprint density at radius 3 is 2.64 bits per heavy atom. The molecular weight excluding hydrogens is 432 g/mol. The quantitative estimate of drug-likeness (QED) is 0.320. The van der Waals surface area contributed by atoms with Crippen molar-refractivity contribution in [3.8, 4) is 17.7 Å². The number of para-hydroxylation sites is 1. The van der Waals surface area contributed by atoms with Crippen LogP contribution in [0.2, 0.25) is 0 Å². The maximum absolute atomic E-state index is 13.4. The molecule has 3 aromatic heterocycles. The maximum Gasteiger partial charge on any atom is 0.269 e. The first-order valence-corrected chi connectivity index (χ1v) is 11.2. The highest BCUT2D eigenvalue weighted by atomic mass is 32.1. The third kappa shape index (κ3) is 4.00. The minimum atomic E-state index is -0.324. The van der Waals surface area contributed by atoms with Crippen molar-refractivity contribution in [2.24, 2.45) is 0 Å². The average Bonchev–Trinajstić information content (AvgIpc) is 3.28. The Hall–Kier alpha value is -4.28. The maximum atomic E-state index is 13.4. The summed E-state index contributed by atoms with van der Waals surface area (Å²) in [6.07, 6.45) is 4.07. The van der Waals surface area contributed by atoms with Gasteiger partial charge in [-0.1, -0.05) is 37.3 Å². The summed E-state index contributed by atoms with van der Waals surface area (Å²) < 4.78 is 8.45. The van der Waals surface area contributed by atoms with Crippen molar-refractivity contribution in [1.29, 1.82) is 5.26 Å². The Balaban J connectivity index is 1.67. The van der Waals surface area contributed by atoms with Gasteiger partial charge in [-0.3, -0.25) is 9.20 Å². The van der Waals surface area contributed by atoms with E-state index in [1.54, 1.807) is 24.4 Å². The smallest absolute Gasteiger partial charge is 0.269 e. The number of nitrogens with zero attached hydrogens (tertiary/aromatic N) is 4. The van der Waals surface area contributed by atoms with Crippen LogP contribution >= 0.6 is 11.3 Å². The Morgan fingerprint density at radius 1 is 1.09 bits per heavy atom. The van der Waals surface area contributed by atoms with E-state index in [1.165, 1.54) is 27.4 Å². The molecule has 3 heterocycles. The first-order valence-electron chi connectivity index (χ1n) is 10.4. The van der Waals surface area contributed by atoms with E-state index in [1.807, 2.05) is 48.5 Å². The van der Waals surface area contributed by atoms with Gasteiger partial charge in [0.05, 0.1) is 15.8 Å². The number of rotatable bonds is 5. The number of aromatic nitrogens is 3. The number of aryl methyl sites for hydroxylation is 1. The topological polar surface area (TPSA) is 80.3 Å². The lowest BCUT2D eigenvalue weighted by Gasteiger charge is -2.10. The summed E-state index contributed by atoms with van der Waals surface area (Å²) in [5.41, 5.74) is 2.58. The number of fused-ring (bicyclic) bond motifs is 2. The highest BCUT2D eigenvalue weighted by Gasteiger charge is 2.17. The molecule has 2 aromatic carbocycles. The molecule has 0 spiro atoms. The summed E-state index contributed by atoms with van der Waals surface area (Å²) in [7, 11) is 0. The second-order valence-corrected chi connectivity index (χ2v) is 8.35. The van der Waals surface area contributed by atoms with Crippen LogP contribution in [0.4, 0.5) is 0 Å². The fraction of sp³-hybridized carbons (Fsp3) is 0.0769. The minimum absolute atomic E-state index is 0.143. The molecule has 5 aromatic rings. The van der Waals surface area contributed by atoms with E-state index in [4.69, 9.17) is 4.74 Å². The SMILES string of the molecule is CCc1ccc(Oc2nc3ccccn3c(=O)c2C=C(C#N)c2nc3ccccc3s2)cc1. The Kier molecular flexibility index (Phi) is 5.43. The zero-order valence-electron chi connectivity index (χ0n) is 17.7. The summed E-state index contributed by atoms with van der Waals surface area (Å²) in [5.74, 6) is 0.705.